The lowest BCUT2D eigenvalue weighted by atomic mass is 10.0. The van der Waals surface area contributed by atoms with Crippen molar-refractivity contribution in [1.29, 1.82) is 0 Å². The molecule has 38 heavy (non-hydrogen) atoms. The van der Waals surface area contributed by atoms with Crippen molar-refractivity contribution < 1.29 is 29.0 Å². The van der Waals surface area contributed by atoms with Crippen LogP contribution in [0.3, 0.4) is 0 Å². The van der Waals surface area contributed by atoms with Crippen LogP contribution in [0.1, 0.15) is 31.6 Å². The third-order valence-electron chi connectivity index (χ3n) is 5.99. The monoisotopic (exact) mass is 543 g/mol. The Bertz CT molecular complexity index is 1190. The van der Waals surface area contributed by atoms with Crippen LogP contribution in [0.2, 0.25) is 25.7 Å². The number of rotatable bonds is 7. The minimum atomic E-state index is -1.29. The van der Waals surface area contributed by atoms with Crippen molar-refractivity contribution >= 4 is 37.5 Å². The summed E-state index contributed by atoms with van der Waals surface area (Å²) in [7, 11) is -0.0210. The molecule has 0 radical (unpaired) electrons. The first-order valence-electron chi connectivity index (χ1n) is 12.6. The molecule has 2 heterocycles. The smallest absolute Gasteiger partial charge is 0.411 e. The molecule has 11 nitrogen and oxygen atoms in total. The number of nitrogens with one attached hydrogen (secondary N) is 3. The van der Waals surface area contributed by atoms with E-state index in [0.29, 0.717) is 41.5 Å². The van der Waals surface area contributed by atoms with Gasteiger partial charge < -0.3 is 29.8 Å². The van der Waals surface area contributed by atoms with Crippen molar-refractivity contribution in [2.75, 3.05) is 24.4 Å². The third kappa shape index (κ3) is 8.45. The molecule has 2 aromatic rings. The summed E-state index contributed by atoms with van der Waals surface area (Å²) >= 11 is 0. The van der Waals surface area contributed by atoms with Gasteiger partial charge in [-0.1, -0.05) is 38.7 Å². The average Bonchev–Trinajstić information content (AvgIpc) is 3.23. The number of carbonyl (C=O) groups is 3. The summed E-state index contributed by atoms with van der Waals surface area (Å²) in [5.74, 6) is 0.216. The standard InChI is InChI=1S/C26H37N5O6Si/c1-17-7-6-8-20(30-25(33)34)24-29-22(15-31(24)16-37-11-12-38(3,4)5)19-10-9-18(27-26(35)36-2)14-21(19)28-23(32)13-17/h6-7,9-10,14-15,17,20,30H,8,11-13,16H2,1-5H3,(H,27,35)(H,28,32)(H,33,34)/t17?,20-/m0/s1. The lowest BCUT2D eigenvalue weighted by Crippen LogP contribution is -2.29. The van der Waals surface area contributed by atoms with Crippen LogP contribution in [0.4, 0.5) is 21.0 Å². The zero-order valence-electron chi connectivity index (χ0n) is 22.5. The molecular formula is C26H37N5O6Si. The molecule has 0 spiro atoms. The van der Waals surface area contributed by atoms with Gasteiger partial charge >= 0.3 is 12.2 Å². The molecule has 0 aliphatic carbocycles. The van der Waals surface area contributed by atoms with Gasteiger partial charge in [-0.15, -0.1) is 0 Å². The second kappa shape index (κ2) is 12.7. The Morgan fingerprint density at radius 3 is 2.74 bits per heavy atom. The Labute approximate surface area is 223 Å². The summed E-state index contributed by atoms with van der Waals surface area (Å²) in [5.41, 5.74) is 2.04. The lowest BCUT2D eigenvalue weighted by Gasteiger charge is -2.19. The largest absolute Gasteiger partial charge is 0.465 e. The van der Waals surface area contributed by atoms with E-state index >= 15 is 0 Å². The highest BCUT2D eigenvalue weighted by atomic mass is 28.3. The topological polar surface area (TPSA) is 144 Å². The van der Waals surface area contributed by atoms with Crippen molar-refractivity contribution in [2.24, 2.45) is 5.92 Å². The Hall–Kier alpha value is -3.64. The molecule has 0 saturated heterocycles. The van der Waals surface area contributed by atoms with E-state index in [2.05, 4.69) is 40.3 Å². The first-order chi connectivity index (χ1) is 17.9. The number of allylic oxidation sites excluding steroid dienone is 1. The summed E-state index contributed by atoms with van der Waals surface area (Å²) in [4.78, 5) is 41.1. The predicted octanol–water partition coefficient (Wildman–Crippen LogP) is 5.27. The zero-order chi connectivity index (χ0) is 27.9. The molecule has 12 heteroatoms. The number of hydrogen-bond donors (Lipinski definition) is 4. The number of imidazole rings is 1. The molecule has 1 aromatic carbocycles. The van der Waals surface area contributed by atoms with Crippen LogP contribution >= 0.6 is 0 Å². The molecule has 206 valence electrons. The number of benzene rings is 1. The molecular weight excluding hydrogens is 506 g/mol. The molecule has 4 N–H and O–H groups in total. The summed E-state index contributed by atoms with van der Waals surface area (Å²) < 4.78 is 12.5. The van der Waals surface area contributed by atoms with Crippen molar-refractivity contribution in [3.63, 3.8) is 0 Å². The Balaban J connectivity index is 2.07. The van der Waals surface area contributed by atoms with Crippen LogP contribution in [0, 0.1) is 5.92 Å². The summed E-state index contributed by atoms with van der Waals surface area (Å²) in [5, 5.41) is 17.7. The van der Waals surface area contributed by atoms with E-state index < -0.39 is 26.3 Å². The number of hydrogen-bond acceptors (Lipinski definition) is 6. The Morgan fingerprint density at radius 1 is 1.29 bits per heavy atom. The van der Waals surface area contributed by atoms with E-state index in [-0.39, 0.29) is 25.0 Å². The highest BCUT2D eigenvalue weighted by Crippen LogP contribution is 2.33. The van der Waals surface area contributed by atoms with Gasteiger partial charge in [-0.25, -0.2) is 14.6 Å². The van der Waals surface area contributed by atoms with Crippen LogP contribution < -0.4 is 16.0 Å². The molecule has 0 saturated carbocycles. The van der Waals surface area contributed by atoms with Crippen LogP contribution in [0.5, 0.6) is 0 Å². The number of fused-ring (bicyclic) bond motifs is 4. The van der Waals surface area contributed by atoms with Crippen LogP contribution in [0.25, 0.3) is 11.3 Å². The summed E-state index contributed by atoms with van der Waals surface area (Å²) in [6.45, 7) is 9.53. The number of nitrogens with zero attached hydrogens (tertiary/aromatic N) is 2. The van der Waals surface area contributed by atoms with Gasteiger partial charge in [0.05, 0.1) is 24.5 Å². The van der Waals surface area contributed by atoms with Crippen LogP contribution in [-0.4, -0.2) is 54.5 Å². The normalized spacial score (nSPS) is 17.8. The van der Waals surface area contributed by atoms with Gasteiger partial charge in [-0.2, -0.15) is 0 Å². The quantitative estimate of drug-likeness (QED) is 0.211. The van der Waals surface area contributed by atoms with Gasteiger partial charge in [0.1, 0.15) is 12.6 Å². The van der Waals surface area contributed by atoms with Gasteiger partial charge in [0.25, 0.3) is 0 Å². The van der Waals surface area contributed by atoms with Crippen LogP contribution in [0.15, 0.2) is 36.5 Å². The van der Waals surface area contributed by atoms with E-state index in [9.17, 15) is 19.5 Å². The number of methoxy groups -OCH3 is 1. The fourth-order valence-corrected chi connectivity index (χ4v) is 4.74. The van der Waals surface area contributed by atoms with E-state index in [0.717, 1.165) is 6.04 Å². The van der Waals surface area contributed by atoms with Crippen molar-refractivity contribution in [1.82, 2.24) is 14.9 Å². The highest BCUT2D eigenvalue weighted by Gasteiger charge is 2.23. The van der Waals surface area contributed by atoms with Gasteiger partial charge in [0, 0.05) is 38.5 Å². The number of ether oxygens (including phenoxy) is 2. The van der Waals surface area contributed by atoms with Crippen molar-refractivity contribution in [3.05, 3.63) is 42.4 Å². The fourth-order valence-electron chi connectivity index (χ4n) is 3.99. The number of carboxylic acid groups (broad SMARTS) is 1. The first kappa shape index (κ1) is 28.9. The van der Waals surface area contributed by atoms with E-state index in [1.54, 1.807) is 29.0 Å². The summed E-state index contributed by atoms with van der Waals surface area (Å²) in [6, 6.07) is 5.43. The first-order valence-corrected chi connectivity index (χ1v) is 16.3. The molecule has 1 aliphatic rings. The number of carbonyl (C=O) groups excluding carboxylic acids is 2. The molecule has 3 rings (SSSR count). The fraction of sp³-hybridized carbons (Fsp3) is 0.462. The maximum atomic E-state index is 12.9. The Morgan fingerprint density at radius 2 is 2.05 bits per heavy atom. The van der Waals surface area contributed by atoms with Gasteiger partial charge in [-0.05, 0) is 36.6 Å². The summed E-state index contributed by atoms with van der Waals surface area (Å²) in [6.07, 6.45) is 4.34. The minimum absolute atomic E-state index is 0.0830. The van der Waals surface area contributed by atoms with Crippen LogP contribution in [-0.2, 0) is 21.0 Å². The number of anilines is 2. The van der Waals surface area contributed by atoms with Crippen molar-refractivity contribution in [2.45, 2.75) is 58.2 Å². The maximum absolute atomic E-state index is 12.9. The molecule has 1 unspecified atom stereocenters. The average molecular weight is 544 g/mol. The van der Waals surface area contributed by atoms with E-state index in [4.69, 9.17) is 9.72 Å². The lowest BCUT2D eigenvalue weighted by molar-refractivity contribution is -0.116. The zero-order valence-corrected chi connectivity index (χ0v) is 23.5. The number of amides is 3. The molecule has 1 aliphatic heterocycles. The Kier molecular flexibility index (Phi) is 9.70. The second-order valence-corrected chi connectivity index (χ2v) is 16.2. The van der Waals surface area contributed by atoms with E-state index in [1.807, 2.05) is 19.1 Å². The molecule has 2 bridgehead atoms. The maximum Gasteiger partial charge on any atom is 0.411 e. The molecule has 1 aromatic heterocycles. The predicted molar refractivity (Wildman–Crippen MR) is 148 cm³/mol. The van der Waals surface area contributed by atoms with E-state index in [1.165, 1.54) is 7.11 Å². The molecule has 2 atom stereocenters. The third-order valence-corrected chi connectivity index (χ3v) is 7.69. The van der Waals surface area contributed by atoms with Gasteiger partial charge in [-0.3, -0.25) is 10.1 Å². The SMILES string of the molecule is COC(=O)Nc1ccc2c(c1)NC(=O)CC(C)C=CC[C@H](NC(=O)O)c1nc-2cn1COCC[Si](C)(C)C. The molecule has 0 fully saturated rings. The minimum Gasteiger partial charge on any atom is -0.465 e. The molecule has 3 amide bonds. The number of aromatic nitrogens is 2. The highest BCUT2D eigenvalue weighted by molar-refractivity contribution is 6.76. The second-order valence-electron chi connectivity index (χ2n) is 10.6. The van der Waals surface area contributed by atoms with Gasteiger partial charge in [0.15, 0.2) is 0 Å². The van der Waals surface area contributed by atoms with Crippen molar-refractivity contribution in [3.8, 4) is 11.3 Å². The van der Waals surface area contributed by atoms with Gasteiger partial charge in [0.2, 0.25) is 5.91 Å².